The molecule has 0 fully saturated rings. The molecule has 0 aliphatic rings. The van der Waals surface area contributed by atoms with Crippen LogP contribution in [0.1, 0.15) is 104 Å². The van der Waals surface area contributed by atoms with Gasteiger partial charge in [0.05, 0.1) is 6.61 Å². The van der Waals surface area contributed by atoms with Crippen molar-refractivity contribution in [2.75, 3.05) is 19.8 Å². The number of hydrogen-bond donors (Lipinski definition) is 1. The van der Waals surface area contributed by atoms with Crippen LogP contribution in [0.15, 0.2) is 0 Å². The molecule has 0 aliphatic carbocycles. The van der Waals surface area contributed by atoms with E-state index in [2.05, 4.69) is 13.8 Å². The molecule has 0 heterocycles. The monoisotopic (exact) mass is 313 g/mol. The third-order valence-corrected chi connectivity index (χ3v) is 4.45. The molecule has 2 nitrogen and oxygen atoms in total. The van der Waals surface area contributed by atoms with Gasteiger partial charge in [0.1, 0.15) is 0 Å². The van der Waals surface area contributed by atoms with E-state index in [1.165, 1.54) is 89.9 Å². The van der Waals surface area contributed by atoms with Crippen molar-refractivity contribution in [3.8, 4) is 0 Å². The highest BCUT2D eigenvalue weighted by atomic mass is 16.5. The summed E-state index contributed by atoms with van der Waals surface area (Å²) in [5.74, 6) is 0.506. The summed E-state index contributed by atoms with van der Waals surface area (Å²) < 4.78 is 5.61. The van der Waals surface area contributed by atoms with Crippen molar-refractivity contribution < 1.29 is 4.74 Å². The van der Waals surface area contributed by atoms with Gasteiger partial charge in [-0.15, -0.1) is 0 Å². The summed E-state index contributed by atoms with van der Waals surface area (Å²) in [5, 5.41) is 0. The van der Waals surface area contributed by atoms with Crippen LogP contribution in [0, 0.1) is 5.92 Å². The fourth-order valence-corrected chi connectivity index (χ4v) is 2.75. The minimum Gasteiger partial charge on any atom is -0.381 e. The van der Waals surface area contributed by atoms with Crippen molar-refractivity contribution in [2.45, 2.75) is 104 Å². The highest BCUT2D eigenvalue weighted by Crippen LogP contribution is 2.12. The molecule has 22 heavy (non-hydrogen) atoms. The van der Waals surface area contributed by atoms with Crippen molar-refractivity contribution in [2.24, 2.45) is 11.7 Å². The Hall–Kier alpha value is -0.0800. The van der Waals surface area contributed by atoms with Crippen LogP contribution in [0.5, 0.6) is 0 Å². The lowest BCUT2D eigenvalue weighted by Gasteiger charge is -2.09. The second-order valence-corrected chi connectivity index (χ2v) is 7.01. The molecule has 2 heteroatoms. The number of nitrogens with two attached hydrogens (primary N) is 1. The predicted molar refractivity (Wildman–Crippen MR) is 99.3 cm³/mol. The van der Waals surface area contributed by atoms with Crippen molar-refractivity contribution in [3.05, 3.63) is 0 Å². The Kier molecular flexibility index (Phi) is 18.9. The van der Waals surface area contributed by atoms with Gasteiger partial charge in [0.25, 0.3) is 0 Å². The van der Waals surface area contributed by atoms with E-state index in [-0.39, 0.29) is 0 Å². The van der Waals surface area contributed by atoms with Gasteiger partial charge in [0.2, 0.25) is 0 Å². The second kappa shape index (κ2) is 19.0. The van der Waals surface area contributed by atoms with E-state index in [1.54, 1.807) is 0 Å². The molecule has 0 rings (SSSR count). The zero-order valence-electron chi connectivity index (χ0n) is 15.6. The largest absolute Gasteiger partial charge is 0.381 e. The molecule has 0 aromatic heterocycles. The van der Waals surface area contributed by atoms with E-state index < -0.39 is 0 Å². The first kappa shape index (κ1) is 21.9. The van der Waals surface area contributed by atoms with Gasteiger partial charge in [-0.3, -0.25) is 0 Å². The molecule has 134 valence electrons. The van der Waals surface area contributed by atoms with Crippen molar-refractivity contribution in [1.82, 2.24) is 0 Å². The molecule has 1 atom stereocenters. The lowest BCUT2D eigenvalue weighted by molar-refractivity contribution is 0.103. The zero-order valence-corrected chi connectivity index (χ0v) is 15.6. The average Bonchev–Trinajstić information content (AvgIpc) is 2.54. The molecule has 0 radical (unpaired) electrons. The molecule has 0 saturated carbocycles. The Labute approximate surface area is 140 Å². The molecular formula is C20H43NO. The quantitative estimate of drug-likeness (QED) is 0.311. The standard InChI is InChI=1S/C20H43NO/c1-3-4-5-6-7-8-9-10-11-12-13-14-15-16-17-22-19-20(2)18-21/h20H,3-19,21H2,1-2H3. The number of unbranched alkanes of at least 4 members (excludes halogenated alkanes) is 13. The normalized spacial score (nSPS) is 12.7. The fourth-order valence-electron chi connectivity index (χ4n) is 2.75. The SMILES string of the molecule is CCCCCCCCCCCCCCCCOCC(C)CN. The Balaban J connectivity index is 2.97. The lowest BCUT2D eigenvalue weighted by atomic mass is 10.0. The summed E-state index contributed by atoms with van der Waals surface area (Å²) in [6.45, 7) is 6.91. The zero-order chi connectivity index (χ0) is 16.3. The minimum atomic E-state index is 0.506. The van der Waals surface area contributed by atoms with E-state index >= 15 is 0 Å². The maximum absolute atomic E-state index is 5.61. The summed E-state index contributed by atoms with van der Waals surface area (Å²) in [6.07, 6.45) is 19.7. The minimum absolute atomic E-state index is 0.506. The van der Waals surface area contributed by atoms with Gasteiger partial charge >= 0.3 is 0 Å². The molecule has 0 bridgehead atoms. The van der Waals surface area contributed by atoms with Crippen molar-refractivity contribution in [1.29, 1.82) is 0 Å². The Morgan fingerprint density at radius 3 is 1.50 bits per heavy atom. The van der Waals surface area contributed by atoms with Gasteiger partial charge in [-0.1, -0.05) is 97.3 Å². The fraction of sp³-hybridized carbons (Fsp3) is 1.00. The second-order valence-electron chi connectivity index (χ2n) is 7.01. The van der Waals surface area contributed by atoms with Crippen LogP contribution in [0.2, 0.25) is 0 Å². The molecule has 1 unspecified atom stereocenters. The van der Waals surface area contributed by atoms with E-state index in [4.69, 9.17) is 10.5 Å². The summed E-state index contributed by atoms with van der Waals surface area (Å²) in [7, 11) is 0. The maximum atomic E-state index is 5.61. The van der Waals surface area contributed by atoms with Crippen molar-refractivity contribution >= 4 is 0 Å². The predicted octanol–water partition coefficient (Wildman–Crippen LogP) is 6.08. The Morgan fingerprint density at radius 1 is 0.682 bits per heavy atom. The molecule has 0 aliphatic heterocycles. The van der Waals surface area contributed by atoms with E-state index in [0.29, 0.717) is 5.92 Å². The van der Waals surface area contributed by atoms with Gasteiger partial charge in [-0.25, -0.2) is 0 Å². The van der Waals surface area contributed by atoms with Crippen LogP contribution in [0.4, 0.5) is 0 Å². The highest BCUT2D eigenvalue weighted by molar-refractivity contribution is 4.51. The van der Waals surface area contributed by atoms with Gasteiger partial charge in [-0.2, -0.15) is 0 Å². The van der Waals surface area contributed by atoms with Gasteiger partial charge < -0.3 is 10.5 Å². The van der Waals surface area contributed by atoms with Crippen LogP contribution >= 0.6 is 0 Å². The first-order valence-electron chi connectivity index (χ1n) is 10.1. The molecule has 0 amide bonds. The molecule has 2 N–H and O–H groups in total. The molecule has 0 spiro atoms. The van der Waals surface area contributed by atoms with Crippen LogP contribution in [0.25, 0.3) is 0 Å². The number of ether oxygens (including phenoxy) is 1. The van der Waals surface area contributed by atoms with E-state index in [9.17, 15) is 0 Å². The average molecular weight is 314 g/mol. The highest BCUT2D eigenvalue weighted by Gasteiger charge is 1.98. The smallest absolute Gasteiger partial charge is 0.0503 e. The van der Waals surface area contributed by atoms with Crippen molar-refractivity contribution in [3.63, 3.8) is 0 Å². The lowest BCUT2D eigenvalue weighted by Crippen LogP contribution is -2.16. The molecule has 0 saturated heterocycles. The first-order valence-corrected chi connectivity index (χ1v) is 10.1. The summed E-state index contributed by atoms with van der Waals surface area (Å²) >= 11 is 0. The van der Waals surface area contributed by atoms with Gasteiger partial charge in [0.15, 0.2) is 0 Å². The first-order chi connectivity index (χ1) is 10.8. The van der Waals surface area contributed by atoms with E-state index in [1.807, 2.05) is 0 Å². The maximum Gasteiger partial charge on any atom is 0.0503 e. The summed E-state index contributed by atoms with van der Waals surface area (Å²) in [4.78, 5) is 0. The third kappa shape index (κ3) is 18.0. The number of hydrogen-bond acceptors (Lipinski definition) is 2. The molecular weight excluding hydrogens is 270 g/mol. The third-order valence-electron chi connectivity index (χ3n) is 4.45. The van der Waals surface area contributed by atoms with Gasteiger partial charge in [-0.05, 0) is 18.9 Å². The molecule has 0 aromatic carbocycles. The number of rotatable bonds is 18. The van der Waals surface area contributed by atoms with Crippen LogP contribution in [0.3, 0.4) is 0 Å². The van der Waals surface area contributed by atoms with Crippen LogP contribution < -0.4 is 5.73 Å². The van der Waals surface area contributed by atoms with Crippen LogP contribution in [-0.4, -0.2) is 19.8 Å². The molecule has 0 aromatic rings. The Bertz CT molecular complexity index is 196. The topological polar surface area (TPSA) is 35.2 Å². The van der Waals surface area contributed by atoms with Crippen LogP contribution in [-0.2, 0) is 4.74 Å². The Morgan fingerprint density at radius 2 is 1.09 bits per heavy atom. The van der Waals surface area contributed by atoms with E-state index in [0.717, 1.165) is 19.8 Å². The summed E-state index contributed by atoms with van der Waals surface area (Å²) in [5.41, 5.74) is 5.56. The van der Waals surface area contributed by atoms with Gasteiger partial charge in [0, 0.05) is 6.61 Å². The summed E-state index contributed by atoms with van der Waals surface area (Å²) in [6, 6.07) is 0.